The summed E-state index contributed by atoms with van der Waals surface area (Å²) in [4.78, 5) is 12.4. The highest BCUT2D eigenvalue weighted by Gasteiger charge is 2.45. The monoisotopic (exact) mass is 258 g/mol. The summed E-state index contributed by atoms with van der Waals surface area (Å²) < 4.78 is 5.29. The number of hydrogen-bond donors (Lipinski definition) is 3. The van der Waals surface area contributed by atoms with Crippen LogP contribution in [-0.4, -0.2) is 42.9 Å². The molecule has 1 fully saturated rings. The van der Waals surface area contributed by atoms with E-state index in [4.69, 9.17) is 15.6 Å². The fraction of sp³-hybridized carbons (Fsp3) is 0.923. The first kappa shape index (κ1) is 15.4. The molecule has 0 aliphatic carbocycles. The van der Waals surface area contributed by atoms with Gasteiger partial charge < -0.3 is 20.9 Å². The fourth-order valence-electron chi connectivity index (χ4n) is 2.10. The predicted molar refractivity (Wildman–Crippen MR) is 70.0 cm³/mol. The standard InChI is InChI=1S/C13H26N2O3/c1-12(2,3)10(5-6-16)15-11(17)13(4)8-18-7-9(13)14/h9-10,16H,5-8,14H2,1-4H3,(H,15,17). The molecule has 1 aliphatic heterocycles. The molecule has 1 heterocycles. The van der Waals surface area contributed by atoms with Crippen molar-refractivity contribution in [1.29, 1.82) is 0 Å². The van der Waals surface area contributed by atoms with Gasteiger partial charge in [-0.05, 0) is 18.8 Å². The molecule has 0 bridgehead atoms. The van der Waals surface area contributed by atoms with Crippen LogP contribution in [0.5, 0.6) is 0 Å². The Balaban J connectivity index is 2.72. The van der Waals surface area contributed by atoms with E-state index in [2.05, 4.69) is 5.32 Å². The first-order chi connectivity index (χ1) is 8.21. The van der Waals surface area contributed by atoms with Crippen molar-refractivity contribution < 1.29 is 14.6 Å². The van der Waals surface area contributed by atoms with Crippen LogP contribution in [0.3, 0.4) is 0 Å². The van der Waals surface area contributed by atoms with Gasteiger partial charge in [0.1, 0.15) is 0 Å². The van der Waals surface area contributed by atoms with Crippen LogP contribution >= 0.6 is 0 Å². The molecule has 0 aromatic rings. The zero-order valence-corrected chi connectivity index (χ0v) is 11.8. The number of nitrogens with two attached hydrogens (primary N) is 1. The normalized spacial score (nSPS) is 30.2. The number of rotatable bonds is 4. The molecule has 3 unspecified atom stereocenters. The molecule has 0 aromatic carbocycles. The number of ether oxygens (including phenoxy) is 1. The van der Waals surface area contributed by atoms with Crippen molar-refractivity contribution in [2.45, 2.75) is 46.2 Å². The van der Waals surface area contributed by atoms with Crippen LogP contribution in [0.2, 0.25) is 0 Å². The molecule has 1 rings (SSSR count). The average Bonchev–Trinajstić information content (AvgIpc) is 2.58. The van der Waals surface area contributed by atoms with E-state index in [1.165, 1.54) is 0 Å². The highest BCUT2D eigenvalue weighted by Crippen LogP contribution is 2.29. The van der Waals surface area contributed by atoms with E-state index < -0.39 is 5.41 Å². The maximum Gasteiger partial charge on any atom is 0.230 e. The van der Waals surface area contributed by atoms with Gasteiger partial charge in [0.2, 0.25) is 5.91 Å². The molecule has 3 atom stereocenters. The number of carbonyl (C=O) groups excluding carboxylic acids is 1. The lowest BCUT2D eigenvalue weighted by Gasteiger charge is -2.35. The molecule has 18 heavy (non-hydrogen) atoms. The Kier molecular flexibility index (Phi) is 4.75. The minimum absolute atomic E-state index is 0.0570. The summed E-state index contributed by atoms with van der Waals surface area (Å²) in [5.41, 5.74) is 5.17. The number of nitrogens with one attached hydrogen (secondary N) is 1. The number of carbonyl (C=O) groups is 1. The van der Waals surface area contributed by atoms with Crippen LogP contribution in [-0.2, 0) is 9.53 Å². The van der Waals surface area contributed by atoms with Gasteiger partial charge in [-0.2, -0.15) is 0 Å². The fourth-order valence-corrected chi connectivity index (χ4v) is 2.10. The van der Waals surface area contributed by atoms with Gasteiger partial charge in [-0.15, -0.1) is 0 Å². The van der Waals surface area contributed by atoms with Gasteiger partial charge in [-0.1, -0.05) is 20.8 Å². The van der Waals surface area contributed by atoms with E-state index in [-0.39, 0.29) is 30.0 Å². The van der Waals surface area contributed by atoms with Crippen molar-refractivity contribution >= 4 is 5.91 Å². The van der Waals surface area contributed by atoms with E-state index >= 15 is 0 Å². The number of hydrogen-bond acceptors (Lipinski definition) is 4. The quantitative estimate of drug-likeness (QED) is 0.675. The Bertz CT molecular complexity index is 301. The summed E-state index contributed by atoms with van der Waals surface area (Å²) >= 11 is 0. The molecule has 106 valence electrons. The Labute approximate surface area is 109 Å². The van der Waals surface area contributed by atoms with Crippen LogP contribution in [0, 0.1) is 10.8 Å². The summed E-state index contributed by atoms with van der Waals surface area (Å²) in [6.07, 6.45) is 0.543. The summed E-state index contributed by atoms with van der Waals surface area (Å²) in [5, 5.41) is 12.1. The van der Waals surface area contributed by atoms with Crippen molar-refractivity contribution in [2.75, 3.05) is 19.8 Å². The average molecular weight is 258 g/mol. The van der Waals surface area contributed by atoms with Gasteiger partial charge in [0.15, 0.2) is 0 Å². The molecule has 0 saturated carbocycles. The number of amides is 1. The lowest BCUT2D eigenvalue weighted by atomic mass is 9.81. The molecule has 0 aromatic heterocycles. The second-order valence-corrected chi connectivity index (χ2v) is 6.44. The summed E-state index contributed by atoms with van der Waals surface area (Å²) in [6.45, 7) is 8.79. The third-order valence-corrected chi connectivity index (χ3v) is 3.80. The second kappa shape index (κ2) is 5.55. The number of aliphatic hydroxyl groups is 1. The molecule has 1 amide bonds. The smallest absolute Gasteiger partial charge is 0.230 e. The second-order valence-electron chi connectivity index (χ2n) is 6.44. The molecule has 0 spiro atoms. The maximum absolute atomic E-state index is 12.4. The molecule has 5 nitrogen and oxygen atoms in total. The van der Waals surface area contributed by atoms with E-state index in [1.54, 1.807) is 0 Å². The van der Waals surface area contributed by atoms with E-state index in [1.807, 2.05) is 27.7 Å². The van der Waals surface area contributed by atoms with Gasteiger partial charge in [-0.25, -0.2) is 0 Å². The van der Waals surface area contributed by atoms with Crippen LogP contribution in [0.4, 0.5) is 0 Å². The molecular weight excluding hydrogens is 232 g/mol. The topological polar surface area (TPSA) is 84.6 Å². The van der Waals surface area contributed by atoms with Gasteiger partial charge >= 0.3 is 0 Å². The van der Waals surface area contributed by atoms with Gasteiger partial charge in [0.25, 0.3) is 0 Å². The zero-order valence-electron chi connectivity index (χ0n) is 11.8. The van der Waals surface area contributed by atoms with Crippen LogP contribution in [0.15, 0.2) is 0 Å². The van der Waals surface area contributed by atoms with Crippen molar-refractivity contribution in [2.24, 2.45) is 16.6 Å². The van der Waals surface area contributed by atoms with Crippen molar-refractivity contribution in [1.82, 2.24) is 5.32 Å². The summed E-state index contributed by atoms with van der Waals surface area (Å²) in [6, 6.07) is -0.341. The Morgan fingerprint density at radius 3 is 2.61 bits per heavy atom. The lowest BCUT2D eigenvalue weighted by molar-refractivity contribution is -0.132. The van der Waals surface area contributed by atoms with Crippen LogP contribution < -0.4 is 11.1 Å². The Hall–Kier alpha value is -0.650. The minimum Gasteiger partial charge on any atom is -0.396 e. The first-order valence-corrected chi connectivity index (χ1v) is 6.47. The molecule has 1 aliphatic rings. The van der Waals surface area contributed by atoms with Gasteiger partial charge in [-0.3, -0.25) is 4.79 Å². The molecular formula is C13H26N2O3. The molecule has 4 N–H and O–H groups in total. The third kappa shape index (κ3) is 3.22. The SMILES string of the molecule is CC(C)(C)C(CCO)NC(=O)C1(C)COCC1N. The van der Waals surface area contributed by atoms with E-state index in [9.17, 15) is 4.79 Å². The van der Waals surface area contributed by atoms with Gasteiger partial charge in [0, 0.05) is 18.7 Å². The van der Waals surface area contributed by atoms with Crippen molar-refractivity contribution in [3.63, 3.8) is 0 Å². The van der Waals surface area contributed by atoms with E-state index in [0.717, 1.165) is 0 Å². The van der Waals surface area contributed by atoms with Crippen molar-refractivity contribution in [3.8, 4) is 0 Å². The Morgan fingerprint density at radius 2 is 2.22 bits per heavy atom. The van der Waals surface area contributed by atoms with Crippen LogP contribution in [0.25, 0.3) is 0 Å². The lowest BCUT2D eigenvalue weighted by Crippen LogP contribution is -2.55. The minimum atomic E-state index is -0.668. The highest BCUT2D eigenvalue weighted by molar-refractivity contribution is 5.84. The first-order valence-electron chi connectivity index (χ1n) is 6.47. The molecule has 5 heteroatoms. The van der Waals surface area contributed by atoms with Crippen LogP contribution in [0.1, 0.15) is 34.1 Å². The van der Waals surface area contributed by atoms with Gasteiger partial charge in [0.05, 0.1) is 18.6 Å². The Morgan fingerprint density at radius 1 is 1.61 bits per heavy atom. The largest absolute Gasteiger partial charge is 0.396 e. The van der Waals surface area contributed by atoms with E-state index in [0.29, 0.717) is 19.6 Å². The molecule has 1 saturated heterocycles. The summed E-state index contributed by atoms with van der Waals surface area (Å²) in [7, 11) is 0. The summed E-state index contributed by atoms with van der Waals surface area (Å²) in [5.74, 6) is -0.0825. The maximum atomic E-state index is 12.4. The predicted octanol–water partition coefficient (Wildman–Crippen LogP) is 0.264. The zero-order chi connectivity index (χ0) is 14.0. The number of aliphatic hydroxyl groups excluding tert-OH is 1. The highest BCUT2D eigenvalue weighted by atomic mass is 16.5. The van der Waals surface area contributed by atoms with Crippen molar-refractivity contribution in [3.05, 3.63) is 0 Å². The molecule has 0 radical (unpaired) electrons. The third-order valence-electron chi connectivity index (χ3n) is 3.80.